The summed E-state index contributed by atoms with van der Waals surface area (Å²) in [6.45, 7) is 8.99. The van der Waals surface area contributed by atoms with Crippen LogP contribution >= 0.6 is 0 Å². The maximum Gasteiger partial charge on any atom is 0.303 e. The number of likely N-dealkylation sites (N-methyl/N-ethyl adjacent to an activating group) is 1. The van der Waals surface area contributed by atoms with Crippen molar-refractivity contribution >= 4 is 5.97 Å². The molecule has 0 spiro atoms. The van der Waals surface area contributed by atoms with Gasteiger partial charge in [-0.25, -0.2) is 6.57 Å². The molecule has 0 aliphatic heterocycles. The van der Waals surface area contributed by atoms with Crippen LogP contribution in [0.4, 0.5) is 0 Å². The molecular formula is C9H17N2O2+. The number of carbonyl (C=O) groups excluding carboxylic acids is 1. The number of carbonyl (C=O) groups is 1. The lowest BCUT2D eigenvalue weighted by Gasteiger charge is -2.26. The molecule has 0 aliphatic rings. The predicted octanol–water partition coefficient (Wildman–Crippen LogP) is 0.544. The third kappa shape index (κ3) is 7.29. The molecule has 74 valence electrons. The minimum Gasteiger partial charge on any atom is -0.448 e. The van der Waals surface area contributed by atoms with Crippen LogP contribution < -0.4 is 0 Å². The van der Waals surface area contributed by atoms with Crippen LogP contribution in [0, 0.1) is 6.57 Å². The van der Waals surface area contributed by atoms with E-state index in [0.717, 1.165) is 0 Å². The van der Waals surface area contributed by atoms with Crippen molar-refractivity contribution in [2.75, 3.05) is 34.2 Å². The average molecular weight is 185 g/mol. The quantitative estimate of drug-likeness (QED) is 0.363. The van der Waals surface area contributed by atoms with E-state index in [-0.39, 0.29) is 18.6 Å². The number of esters is 1. The smallest absolute Gasteiger partial charge is 0.303 e. The summed E-state index contributed by atoms with van der Waals surface area (Å²) in [5.74, 6) is -0.317. The summed E-state index contributed by atoms with van der Waals surface area (Å²) in [5, 5.41) is 0. The molecule has 4 heteroatoms. The number of quaternary nitrogens is 1. The van der Waals surface area contributed by atoms with Crippen LogP contribution in [0.3, 0.4) is 0 Å². The fourth-order valence-corrected chi connectivity index (χ4v) is 1.08. The molecule has 0 saturated heterocycles. The second-order valence-electron chi connectivity index (χ2n) is 4.05. The Bertz CT molecular complexity index is 213. The molecule has 0 fully saturated rings. The van der Waals surface area contributed by atoms with Gasteiger partial charge in [0.15, 0.2) is 0 Å². The van der Waals surface area contributed by atoms with Crippen molar-refractivity contribution in [2.45, 2.75) is 13.0 Å². The molecule has 0 bridgehead atoms. The van der Waals surface area contributed by atoms with E-state index in [1.54, 1.807) is 0 Å². The summed E-state index contributed by atoms with van der Waals surface area (Å²) in [5.41, 5.74) is 0. The molecule has 0 rings (SSSR count). The lowest BCUT2D eigenvalue weighted by Crippen LogP contribution is -2.43. The van der Waals surface area contributed by atoms with Gasteiger partial charge in [-0.2, -0.15) is 0 Å². The largest absolute Gasteiger partial charge is 0.448 e. The Morgan fingerprint density at radius 3 is 2.38 bits per heavy atom. The minimum absolute atomic E-state index is 0.245. The SMILES string of the molecule is [C-]#[N+]CC(C[N+](C)(C)C)OC(C)=O. The van der Waals surface area contributed by atoms with Crippen molar-refractivity contribution in [2.24, 2.45) is 0 Å². The third-order valence-electron chi connectivity index (χ3n) is 1.38. The van der Waals surface area contributed by atoms with E-state index in [4.69, 9.17) is 11.3 Å². The van der Waals surface area contributed by atoms with Crippen LogP contribution in [0.2, 0.25) is 0 Å². The van der Waals surface area contributed by atoms with Crippen molar-refractivity contribution in [1.82, 2.24) is 0 Å². The Kier molecular flexibility index (Phi) is 4.43. The molecule has 0 saturated carbocycles. The summed E-state index contributed by atoms with van der Waals surface area (Å²) < 4.78 is 5.69. The minimum atomic E-state index is -0.317. The second kappa shape index (κ2) is 4.83. The number of hydrogen-bond donors (Lipinski definition) is 0. The van der Waals surface area contributed by atoms with Gasteiger partial charge >= 0.3 is 5.97 Å². The van der Waals surface area contributed by atoms with Crippen LogP contribution in [-0.4, -0.2) is 50.8 Å². The van der Waals surface area contributed by atoms with Gasteiger partial charge in [0.25, 0.3) is 6.54 Å². The first-order chi connectivity index (χ1) is 5.85. The molecule has 0 aromatic heterocycles. The topological polar surface area (TPSA) is 30.7 Å². The molecular weight excluding hydrogens is 168 g/mol. The zero-order chi connectivity index (χ0) is 10.5. The highest BCUT2D eigenvalue weighted by Gasteiger charge is 2.22. The van der Waals surface area contributed by atoms with E-state index in [9.17, 15) is 4.79 Å². The van der Waals surface area contributed by atoms with Crippen LogP contribution in [-0.2, 0) is 9.53 Å². The highest BCUT2D eigenvalue weighted by molar-refractivity contribution is 5.66. The van der Waals surface area contributed by atoms with Gasteiger partial charge in [0, 0.05) is 6.92 Å². The van der Waals surface area contributed by atoms with Gasteiger partial charge in [-0.05, 0) is 0 Å². The van der Waals surface area contributed by atoms with Crippen molar-refractivity contribution in [3.05, 3.63) is 11.4 Å². The number of nitrogens with zero attached hydrogens (tertiary/aromatic N) is 2. The van der Waals surface area contributed by atoms with E-state index in [1.165, 1.54) is 6.92 Å². The monoisotopic (exact) mass is 185 g/mol. The number of ether oxygens (including phenoxy) is 1. The summed E-state index contributed by atoms with van der Waals surface area (Å²) in [6, 6.07) is 0. The van der Waals surface area contributed by atoms with Gasteiger partial charge in [-0.15, -0.1) is 0 Å². The molecule has 1 atom stereocenters. The summed E-state index contributed by atoms with van der Waals surface area (Å²) in [4.78, 5) is 13.9. The zero-order valence-corrected chi connectivity index (χ0v) is 8.70. The first-order valence-corrected chi connectivity index (χ1v) is 4.16. The van der Waals surface area contributed by atoms with Gasteiger partial charge in [0.1, 0.15) is 6.54 Å². The second-order valence-corrected chi connectivity index (χ2v) is 4.05. The molecule has 0 heterocycles. The molecule has 0 amide bonds. The summed E-state index contributed by atoms with van der Waals surface area (Å²) >= 11 is 0. The van der Waals surface area contributed by atoms with Crippen molar-refractivity contribution < 1.29 is 14.0 Å². The average Bonchev–Trinajstić information content (AvgIpc) is 1.81. The van der Waals surface area contributed by atoms with Crippen molar-refractivity contribution in [1.29, 1.82) is 0 Å². The first-order valence-electron chi connectivity index (χ1n) is 4.16. The van der Waals surface area contributed by atoms with Crippen LogP contribution in [0.15, 0.2) is 0 Å². The van der Waals surface area contributed by atoms with Gasteiger partial charge in [0.2, 0.25) is 6.10 Å². The van der Waals surface area contributed by atoms with Gasteiger partial charge in [-0.1, -0.05) is 0 Å². The molecule has 0 N–H and O–H groups in total. The fourth-order valence-electron chi connectivity index (χ4n) is 1.08. The third-order valence-corrected chi connectivity index (χ3v) is 1.38. The molecule has 0 radical (unpaired) electrons. The van der Waals surface area contributed by atoms with Crippen LogP contribution in [0.25, 0.3) is 4.85 Å². The Labute approximate surface area is 79.5 Å². The van der Waals surface area contributed by atoms with E-state index in [1.807, 2.05) is 21.1 Å². The van der Waals surface area contributed by atoms with E-state index >= 15 is 0 Å². The van der Waals surface area contributed by atoms with Gasteiger partial charge in [0.05, 0.1) is 21.1 Å². The molecule has 0 aromatic rings. The lowest BCUT2D eigenvalue weighted by molar-refractivity contribution is -0.873. The molecule has 13 heavy (non-hydrogen) atoms. The van der Waals surface area contributed by atoms with Crippen molar-refractivity contribution in [3.8, 4) is 0 Å². The lowest BCUT2D eigenvalue weighted by atomic mass is 10.3. The predicted molar refractivity (Wildman–Crippen MR) is 49.9 cm³/mol. The normalized spacial score (nSPS) is 13.2. The van der Waals surface area contributed by atoms with Gasteiger partial charge < -0.3 is 14.1 Å². The molecule has 4 nitrogen and oxygen atoms in total. The zero-order valence-electron chi connectivity index (χ0n) is 8.70. The van der Waals surface area contributed by atoms with Gasteiger partial charge in [-0.3, -0.25) is 4.79 Å². The Morgan fingerprint density at radius 2 is 2.08 bits per heavy atom. The fraction of sp³-hybridized carbons (Fsp3) is 0.778. The first kappa shape index (κ1) is 11.9. The van der Waals surface area contributed by atoms with E-state index in [2.05, 4.69) is 4.85 Å². The van der Waals surface area contributed by atoms with E-state index in [0.29, 0.717) is 11.0 Å². The van der Waals surface area contributed by atoms with Crippen LogP contribution in [0.1, 0.15) is 6.92 Å². The number of hydrogen-bond acceptors (Lipinski definition) is 2. The summed E-state index contributed by atoms with van der Waals surface area (Å²) in [7, 11) is 6.00. The summed E-state index contributed by atoms with van der Waals surface area (Å²) in [6.07, 6.45) is -0.282. The Balaban J connectivity index is 4.11. The standard InChI is InChI=1S/C9H17N2O2/c1-8(12)13-9(6-10-2)7-11(3,4)5/h9H,6-7H2,1,3-5H3/q+1. The Morgan fingerprint density at radius 1 is 1.54 bits per heavy atom. The molecule has 0 aliphatic carbocycles. The van der Waals surface area contributed by atoms with Crippen LogP contribution in [0.5, 0.6) is 0 Å². The maximum atomic E-state index is 10.7. The van der Waals surface area contributed by atoms with E-state index < -0.39 is 0 Å². The molecule has 0 aromatic carbocycles. The highest BCUT2D eigenvalue weighted by Crippen LogP contribution is 2.01. The Hall–Kier alpha value is -1.08. The molecule has 1 unspecified atom stereocenters. The maximum absolute atomic E-state index is 10.7. The number of rotatable bonds is 4. The highest BCUT2D eigenvalue weighted by atomic mass is 16.5. The van der Waals surface area contributed by atoms with Crippen molar-refractivity contribution in [3.63, 3.8) is 0 Å².